The number of nitrogens with zero attached hydrogens (tertiary/aromatic N) is 4. The summed E-state index contributed by atoms with van der Waals surface area (Å²) >= 11 is 0. The SMILES string of the molecule is C=C(/C=C(/c1ccccc1)N(N)CC)c1nc(-c2cc(C)c(CCN3CCC(C(=O)O)CC3)cc2C)no1. The van der Waals surface area contributed by atoms with Gasteiger partial charge in [0, 0.05) is 24.2 Å². The number of hydrogen-bond donors (Lipinski definition) is 2. The topological polar surface area (TPSA) is 109 Å². The third-order valence-corrected chi connectivity index (χ3v) is 7.29. The number of benzene rings is 2. The summed E-state index contributed by atoms with van der Waals surface area (Å²) in [5.74, 6) is 6.25. The van der Waals surface area contributed by atoms with Gasteiger partial charge in [0.05, 0.1) is 11.6 Å². The molecule has 2 heterocycles. The molecule has 38 heavy (non-hydrogen) atoms. The number of allylic oxidation sites excluding steroid dienone is 2. The Labute approximate surface area is 224 Å². The third-order valence-electron chi connectivity index (χ3n) is 7.29. The number of carboxylic acid groups (broad SMARTS) is 1. The van der Waals surface area contributed by atoms with Gasteiger partial charge in [0.15, 0.2) is 0 Å². The van der Waals surface area contributed by atoms with E-state index in [0.29, 0.717) is 23.8 Å². The normalized spacial score (nSPS) is 15.0. The van der Waals surface area contributed by atoms with E-state index in [-0.39, 0.29) is 5.92 Å². The second kappa shape index (κ2) is 12.2. The first-order valence-corrected chi connectivity index (χ1v) is 13.1. The molecular weight excluding hydrogens is 478 g/mol. The van der Waals surface area contributed by atoms with Gasteiger partial charge >= 0.3 is 5.97 Å². The zero-order valence-corrected chi connectivity index (χ0v) is 22.5. The van der Waals surface area contributed by atoms with E-state index >= 15 is 0 Å². The summed E-state index contributed by atoms with van der Waals surface area (Å²) in [6.07, 6.45) is 4.23. The number of piperidine rings is 1. The lowest BCUT2D eigenvalue weighted by molar-refractivity contribution is -0.143. The van der Waals surface area contributed by atoms with Crippen molar-refractivity contribution in [1.29, 1.82) is 0 Å². The Hall–Kier alpha value is -3.75. The van der Waals surface area contributed by atoms with Crippen molar-refractivity contribution < 1.29 is 14.4 Å². The van der Waals surface area contributed by atoms with Crippen molar-refractivity contribution in [2.45, 2.75) is 40.0 Å². The first kappa shape index (κ1) is 27.3. The lowest BCUT2D eigenvalue weighted by atomic mass is 9.95. The molecular formula is C30H37N5O3. The fourth-order valence-electron chi connectivity index (χ4n) is 4.87. The molecule has 0 saturated carbocycles. The summed E-state index contributed by atoms with van der Waals surface area (Å²) < 4.78 is 5.60. The minimum absolute atomic E-state index is 0.202. The second-order valence-corrected chi connectivity index (χ2v) is 9.93. The highest BCUT2D eigenvalue weighted by molar-refractivity contribution is 5.79. The van der Waals surface area contributed by atoms with Gasteiger partial charge in [-0.2, -0.15) is 4.98 Å². The maximum atomic E-state index is 11.2. The van der Waals surface area contributed by atoms with E-state index in [0.717, 1.165) is 61.3 Å². The molecule has 8 heteroatoms. The highest BCUT2D eigenvalue weighted by Gasteiger charge is 2.24. The molecule has 8 nitrogen and oxygen atoms in total. The van der Waals surface area contributed by atoms with Gasteiger partial charge < -0.3 is 19.5 Å². The van der Waals surface area contributed by atoms with Crippen molar-refractivity contribution in [3.63, 3.8) is 0 Å². The molecule has 1 saturated heterocycles. The van der Waals surface area contributed by atoms with Gasteiger partial charge in [-0.15, -0.1) is 0 Å². The van der Waals surface area contributed by atoms with Gasteiger partial charge in [0.2, 0.25) is 5.82 Å². The van der Waals surface area contributed by atoms with Crippen molar-refractivity contribution in [1.82, 2.24) is 20.0 Å². The van der Waals surface area contributed by atoms with Crippen LogP contribution in [0, 0.1) is 19.8 Å². The molecule has 0 amide bonds. The van der Waals surface area contributed by atoms with Crippen LogP contribution in [0.25, 0.3) is 22.7 Å². The zero-order valence-electron chi connectivity index (χ0n) is 22.5. The quantitative estimate of drug-likeness (QED) is 0.222. The van der Waals surface area contributed by atoms with Crippen molar-refractivity contribution in [2.24, 2.45) is 11.8 Å². The number of hydrogen-bond acceptors (Lipinski definition) is 7. The van der Waals surface area contributed by atoms with E-state index in [2.05, 4.69) is 47.6 Å². The van der Waals surface area contributed by atoms with E-state index in [1.807, 2.05) is 43.3 Å². The minimum atomic E-state index is -0.671. The first-order chi connectivity index (χ1) is 18.3. The molecule has 1 aliphatic heterocycles. The number of carbonyl (C=O) groups is 1. The number of nitrogens with two attached hydrogens (primary N) is 1. The average Bonchev–Trinajstić information content (AvgIpc) is 3.42. The van der Waals surface area contributed by atoms with E-state index in [4.69, 9.17) is 10.4 Å². The lowest BCUT2D eigenvalue weighted by Gasteiger charge is -2.30. The standard InChI is InChI=1S/C30H37N5O3/c1-5-35(31)27(23-9-7-6-8-10-23)19-22(4)29-32-28(33-38-29)26-18-20(2)25(17-21(26)3)13-16-34-14-11-24(12-15-34)30(36)37/h6-10,17-19,24H,4-5,11-16,31H2,1-3H3,(H,36,37)/b27-19-. The lowest BCUT2D eigenvalue weighted by Crippen LogP contribution is -2.37. The Kier molecular flexibility index (Phi) is 8.76. The highest BCUT2D eigenvalue weighted by Crippen LogP contribution is 2.28. The Morgan fingerprint density at radius 1 is 1.21 bits per heavy atom. The Morgan fingerprint density at radius 3 is 2.58 bits per heavy atom. The monoisotopic (exact) mass is 515 g/mol. The number of aryl methyl sites for hydroxylation is 2. The molecule has 0 atom stereocenters. The summed E-state index contributed by atoms with van der Waals surface area (Å²) in [6, 6.07) is 14.2. The van der Waals surface area contributed by atoms with Crippen molar-refractivity contribution in [2.75, 3.05) is 26.2 Å². The molecule has 0 unspecified atom stereocenters. The van der Waals surface area contributed by atoms with Crippen LogP contribution in [0.3, 0.4) is 0 Å². The summed E-state index contributed by atoms with van der Waals surface area (Å²) in [4.78, 5) is 18.2. The number of hydrazine groups is 1. The Morgan fingerprint density at radius 2 is 1.92 bits per heavy atom. The fraction of sp³-hybridized carbons (Fsp3) is 0.367. The number of likely N-dealkylation sites (tertiary alicyclic amines) is 1. The van der Waals surface area contributed by atoms with Crippen molar-refractivity contribution in [3.8, 4) is 11.4 Å². The maximum Gasteiger partial charge on any atom is 0.306 e. The van der Waals surface area contributed by atoms with Crippen LogP contribution in [-0.2, 0) is 11.2 Å². The predicted octanol–water partition coefficient (Wildman–Crippen LogP) is 4.94. The smallest absolute Gasteiger partial charge is 0.306 e. The van der Waals surface area contributed by atoms with Crippen LogP contribution in [-0.4, -0.2) is 57.3 Å². The average molecular weight is 516 g/mol. The van der Waals surface area contributed by atoms with E-state index in [9.17, 15) is 9.90 Å². The van der Waals surface area contributed by atoms with Crippen LogP contribution < -0.4 is 5.84 Å². The van der Waals surface area contributed by atoms with Gasteiger partial charge in [0.1, 0.15) is 0 Å². The molecule has 1 aliphatic rings. The summed E-state index contributed by atoms with van der Waals surface area (Å²) in [7, 11) is 0. The van der Waals surface area contributed by atoms with Gasteiger partial charge in [-0.25, -0.2) is 5.84 Å². The van der Waals surface area contributed by atoms with Crippen LogP contribution in [0.15, 0.2) is 59.6 Å². The van der Waals surface area contributed by atoms with Crippen LogP contribution in [0.2, 0.25) is 0 Å². The molecule has 0 radical (unpaired) electrons. The van der Waals surface area contributed by atoms with Crippen molar-refractivity contribution >= 4 is 17.2 Å². The molecule has 1 fully saturated rings. The number of aliphatic carboxylic acids is 1. The second-order valence-electron chi connectivity index (χ2n) is 9.93. The highest BCUT2D eigenvalue weighted by atomic mass is 16.5. The first-order valence-electron chi connectivity index (χ1n) is 13.1. The largest absolute Gasteiger partial charge is 0.481 e. The van der Waals surface area contributed by atoms with E-state index < -0.39 is 5.97 Å². The third kappa shape index (κ3) is 6.38. The van der Waals surface area contributed by atoms with Gasteiger partial charge in [-0.05, 0) is 87.5 Å². The molecule has 0 aliphatic carbocycles. The zero-order chi connectivity index (χ0) is 27.2. The Bertz CT molecular complexity index is 1310. The van der Waals surface area contributed by atoms with E-state index in [1.54, 1.807) is 5.01 Å². The number of carboxylic acids is 1. The fourth-order valence-corrected chi connectivity index (χ4v) is 4.87. The Balaban J connectivity index is 1.47. The van der Waals surface area contributed by atoms with Crippen LogP contribution in [0.5, 0.6) is 0 Å². The van der Waals surface area contributed by atoms with Crippen LogP contribution in [0.4, 0.5) is 0 Å². The molecule has 2 aromatic carbocycles. The minimum Gasteiger partial charge on any atom is -0.481 e. The summed E-state index contributed by atoms with van der Waals surface area (Å²) in [5, 5.41) is 15.1. The van der Waals surface area contributed by atoms with Gasteiger partial charge in [-0.1, -0.05) is 48.1 Å². The van der Waals surface area contributed by atoms with E-state index in [1.165, 1.54) is 11.1 Å². The molecule has 1 aromatic heterocycles. The molecule has 3 aromatic rings. The van der Waals surface area contributed by atoms with Crippen LogP contribution >= 0.6 is 0 Å². The molecule has 200 valence electrons. The predicted molar refractivity (Wildman–Crippen MR) is 150 cm³/mol. The molecule has 0 spiro atoms. The summed E-state index contributed by atoms with van der Waals surface area (Å²) in [5.41, 5.74) is 6.84. The van der Waals surface area contributed by atoms with Crippen molar-refractivity contribution in [3.05, 3.63) is 83.3 Å². The maximum absolute atomic E-state index is 11.2. The summed E-state index contributed by atoms with van der Waals surface area (Å²) in [6.45, 7) is 13.5. The molecule has 4 rings (SSSR count). The number of rotatable bonds is 10. The van der Waals surface area contributed by atoms with Gasteiger partial charge in [0.25, 0.3) is 5.89 Å². The number of aromatic nitrogens is 2. The van der Waals surface area contributed by atoms with Gasteiger partial charge in [-0.3, -0.25) is 4.79 Å². The molecule has 0 bridgehead atoms. The molecule has 3 N–H and O–H groups in total. The van der Waals surface area contributed by atoms with Crippen LogP contribution in [0.1, 0.15) is 47.9 Å².